The molecule has 2 rings (SSSR count). The van der Waals surface area contributed by atoms with Gasteiger partial charge in [-0.2, -0.15) is 8.39 Å². The Balaban J connectivity index is 2.04. The van der Waals surface area contributed by atoms with Crippen LogP contribution in [0, 0.1) is 0 Å². The number of nitrogens with one attached hydrogen (secondary N) is 1. The topological polar surface area (TPSA) is 81.7 Å². The van der Waals surface area contributed by atoms with E-state index in [1.54, 1.807) is 26.0 Å². The molecule has 1 aromatic rings. The molecule has 3 atom stereocenters. The maximum absolute atomic E-state index is 12.1. The number of benzene rings is 1. The Labute approximate surface area is 153 Å². The molecule has 1 fully saturated rings. The van der Waals surface area contributed by atoms with Gasteiger partial charge in [0.1, 0.15) is 5.75 Å². The van der Waals surface area contributed by atoms with Crippen molar-refractivity contribution in [3.63, 3.8) is 0 Å². The van der Waals surface area contributed by atoms with Crippen molar-refractivity contribution in [3.8, 4) is 5.75 Å². The highest BCUT2D eigenvalue weighted by atomic mass is 32.2. The molecule has 0 amide bonds. The summed E-state index contributed by atoms with van der Waals surface area (Å²) in [6.07, 6.45) is -2.71. The van der Waals surface area contributed by atoms with Gasteiger partial charge in [0.05, 0.1) is 5.25 Å². The van der Waals surface area contributed by atoms with Gasteiger partial charge in [0, 0.05) is 12.0 Å². The van der Waals surface area contributed by atoms with Crippen LogP contribution < -0.4 is 8.91 Å². The summed E-state index contributed by atoms with van der Waals surface area (Å²) in [7, 11) is -3.40. The fourth-order valence-corrected chi connectivity index (χ4v) is 4.22. The van der Waals surface area contributed by atoms with Crippen molar-refractivity contribution < 1.29 is 34.2 Å². The van der Waals surface area contributed by atoms with Crippen molar-refractivity contribution in [2.45, 2.75) is 56.7 Å². The first kappa shape index (κ1) is 21.1. The molecule has 148 valence electrons. The van der Waals surface area contributed by atoms with Crippen LogP contribution in [0.15, 0.2) is 24.3 Å². The Morgan fingerprint density at radius 3 is 2.35 bits per heavy atom. The molecule has 1 aromatic carbocycles. The van der Waals surface area contributed by atoms with Crippen molar-refractivity contribution in [1.82, 2.24) is 4.72 Å². The van der Waals surface area contributed by atoms with Crippen LogP contribution in [0.1, 0.15) is 44.6 Å². The lowest BCUT2D eigenvalue weighted by molar-refractivity contribution is -0.271. The molecular formula is C15H20F3NO5S2. The summed E-state index contributed by atoms with van der Waals surface area (Å²) in [5.74, 6) is -0.0943. The molecule has 1 saturated carbocycles. The largest absolute Gasteiger partial charge is 0.537 e. The van der Waals surface area contributed by atoms with Gasteiger partial charge in [0.2, 0.25) is 10.0 Å². The second kappa shape index (κ2) is 8.24. The predicted octanol–water partition coefficient (Wildman–Crippen LogP) is 3.14. The monoisotopic (exact) mass is 415 g/mol. The molecule has 3 unspecified atom stereocenters. The Bertz CT molecular complexity index is 735. The second-order valence-electron chi connectivity index (χ2n) is 6.24. The van der Waals surface area contributed by atoms with E-state index < -0.39 is 33.0 Å². The third kappa shape index (κ3) is 5.93. The second-order valence-corrected chi connectivity index (χ2v) is 9.25. The lowest BCUT2D eigenvalue weighted by Crippen LogP contribution is -2.40. The molecule has 6 nitrogen and oxygen atoms in total. The standard InChI is InChI=1S/C15H20F3NO5S2/c1-10(2)26(21,22)19-14-5-3-4-13(14)11-6-8-12(9-7-11)23-25(20)24-15(16,17)18/h6-10,13-14,19H,3-5H2,1-2H3. The highest BCUT2D eigenvalue weighted by Crippen LogP contribution is 2.36. The van der Waals surface area contributed by atoms with Gasteiger partial charge in [-0.3, -0.25) is 0 Å². The molecule has 26 heavy (non-hydrogen) atoms. The van der Waals surface area contributed by atoms with E-state index >= 15 is 0 Å². The maximum atomic E-state index is 12.1. The number of alkyl halides is 3. The normalized spacial score (nSPS) is 22.5. The quantitative estimate of drug-likeness (QED) is 0.740. The molecule has 0 spiro atoms. The van der Waals surface area contributed by atoms with Gasteiger partial charge in [-0.05, 0) is 44.4 Å². The average molecular weight is 415 g/mol. The highest BCUT2D eigenvalue weighted by molar-refractivity contribution is 7.90. The Hall–Kier alpha value is -1.17. The summed E-state index contributed by atoms with van der Waals surface area (Å²) >= 11 is -2.99. The Kier molecular flexibility index (Phi) is 6.70. The van der Waals surface area contributed by atoms with Gasteiger partial charge in [-0.25, -0.2) is 13.1 Å². The number of sulfonamides is 1. The Morgan fingerprint density at radius 2 is 1.81 bits per heavy atom. The Morgan fingerprint density at radius 1 is 1.19 bits per heavy atom. The van der Waals surface area contributed by atoms with E-state index in [0.717, 1.165) is 18.4 Å². The minimum atomic E-state index is -5.06. The SMILES string of the molecule is CC(C)S(=O)(=O)NC1CCCC1c1ccc(OS(=O)OC(F)(F)F)cc1. The van der Waals surface area contributed by atoms with Crippen molar-refractivity contribution in [2.24, 2.45) is 0 Å². The summed E-state index contributed by atoms with van der Waals surface area (Å²) in [6, 6.07) is 5.75. The maximum Gasteiger partial charge on any atom is 0.537 e. The summed E-state index contributed by atoms with van der Waals surface area (Å²) in [4.78, 5) is 0. The molecule has 1 aliphatic rings. The average Bonchev–Trinajstić information content (AvgIpc) is 2.93. The number of hydrogen-bond donors (Lipinski definition) is 1. The summed E-state index contributed by atoms with van der Waals surface area (Å²) < 4.78 is 81.7. The molecule has 0 aliphatic heterocycles. The number of halogens is 3. The fourth-order valence-electron chi connectivity index (χ4n) is 2.79. The van der Waals surface area contributed by atoms with Gasteiger partial charge in [0.25, 0.3) is 0 Å². The number of rotatable bonds is 7. The molecule has 0 aromatic heterocycles. The molecule has 0 saturated heterocycles. The summed E-state index contributed by atoms with van der Waals surface area (Å²) in [5, 5.41) is -0.539. The van der Waals surface area contributed by atoms with E-state index in [1.165, 1.54) is 12.1 Å². The van der Waals surface area contributed by atoms with Crippen LogP contribution >= 0.6 is 0 Å². The lowest BCUT2D eigenvalue weighted by Gasteiger charge is -2.22. The smallest absolute Gasteiger partial charge is 0.380 e. The first-order chi connectivity index (χ1) is 12.0. The zero-order valence-electron chi connectivity index (χ0n) is 14.2. The summed E-state index contributed by atoms with van der Waals surface area (Å²) in [6.45, 7) is 3.20. The first-order valence-corrected chi connectivity index (χ1v) is 10.5. The van der Waals surface area contributed by atoms with E-state index in [-0.39, 0.29) is 17.7 Å². The molecule has 0 heterocycles. The predicted molar refractivity (Wildman–Crippen MR) is 89.9 cm³/mol. The van der Waals surface area contributed by atoms with E-state index in [0.29, 0.717) is 6.42 Å². The zero-order chi connectivity index (χ0) is 19.5. The minimum Gasteiger partial charge on any atom is -0.380 e. The van der Waals surface area contributed by atoms with Crippen LogP contribution in [0.2, 0.25) is 0 Å². The van der Waals surface area contributed by atoms with Gasteiger partial charge >= 0.3 is 17.7 Å². The first-order valence-electron chi connectivity index (χ1n) is 7.95. The van der Waals surface area contributed by atoms with Gasteiger partial charge in [-0.1, -0.05) is 18.6 Å². The highest BCUT2D eigenvalue weighted by Gasteiger charge is 2.35. The van der Waals surface area contributed by atoms with Gasteiger partial charge in [-0.15, -0.1) is 13.2 Å². The third-order valence-corrected chi connectivity index (χ3v) is 6.61. The lowest BCUT2D eigenvalue weighted by atomic mass is 9.95. The molecule has 1 aliphatic carbocycles. The van der Waals surface area contributed by atoms with Gasteiger partial charge in [0.15, 0.2) is 0 Å². The van der Waals surface area contributed by atoms with Crippen LogP contribution in [0.3, 0.4) is 0 Å². The van der Waals surface area contributed by atoms with Crippen LogP contribution in [0.5, 0.6) is 5.75 Å². The molecule has 1 N–H and O–H groups in total. The van der Waals surface area contributed by atoms with Gasteiger partial charge < -0.3 is 4.18 Å². The minimum absolute atomic E-state index is 0.0468. The van der Waals surface area contributed by atoms with Crippen molar-refractivity contribution in [1.29, 1.82) is 0 Å². The summed E-state index contributed by atoms with van der Waals surface area (Å²) in [5.41, 5.74) is 0.828. The van der Waals surface area contributed by atoms with Crippen LogP contribution in [-0.4, -0.2) is 30.3 Å². The van der Waals surface area contributed by atoms with Crippen molar-refractivity contribution in [3.05, 3.63) is 29.8 Å². The molecular weight excluding hydrogens is 395 g/mol. The van der Waals surface area contributed by atoms with Crippen LogP contribution in [0.25, 0.3) is 0 Å². The van der Waals surface area contributed by atoms with E-state index in [2.05, 4.69) is 13.1 Å². The van der Waals surface area contributed by atoms with E-state index in [1.807, 2.05) is 0 Å². The van der Waals surface area contributed by atoms with Crippen molar-refractivity contribution in [2.75, 3.05) is 0 Å². The molecule has 11 heteroatoms. The molecule has 0 radical (unpaired) electrons. The van der Waals surface area contributed by atoms with E-state index in [9.17, 15) is 25.8 Å². The van der Waals surface area contributed by atoms with E-state index in [4.69, 9.17) is 0 Å². The van der Waals surface area contributed by atoms with Crippen LogP contribution in [0.4, 0.5) is 13.2 Å². The van der Waals surface area contributed by atoms with Crippen molar-refractivity contribution >= 4 is 21.4 Å². The number of hydrogen-bond acceptors (Lipinski definition) is 5. The molecule has 0 bridgehead atoms. The third-order valence-electron chi connectivity index (χ3n) is 4.09. The van der Waals surface area contributed by atoms with Crippen LogP contribution in [-0.2, 0) is 25.6 Å². The fraction of sp³-hybridized carbons (Fsp3) is 0.600. The zero-order valence-corrected chi connectivity index (χ0v) is 15.8.